The summed E-state index contributed by atoms with van der Waals surface area (Å²) >= 11 is 1.75. The molecule has 2 aliphatic rings. The maximum absolute atomic E-state index is 10.4. The highest BCUT2D eigenvalue weighted by Gasteiger charge is 2.38. The zero-order valence-corrected chi connectivity index (χ0v) is 20.5. The monoisotopic (exact) mass is 468 g/mol. The molecule has 172 valence electrons. The summed E-state index contributed by atoms with van der Waals surface area (Å²) < 4.78 is 5.37. The van der Waals surface area contributed by atoms with E-state index in [9.17, 15) is 5.26 Å². The summed E-state index contributed by atoms with van der Waals surface area (Å²) in [5, 5.41) is 11.5. The van der Waals surface area contributed by atoms with Crippen molar-refractivity contribution in [2.24, 2.45) is 0 Å². The van der Waals surface area contributed by atoms with E-state index in [1.807, 2.05) is 12.1 Å². The van der Waals surface area contributed by atoms with Gasteiger partial charge in [-0.15, -0.1) is 0 Å². The van der Waals surface area contributed by atoms with Crippen LogP contribution in [0.4, 0.5) is 11.4 Å². The van der Waals surface area contributed by atoms with Gasteiger partial charge in [-0.3, -0.25) is 0 Å². The Balaban J connectivity index is 1.55. The van der Waals surface area contributed by atoms with Crippen molar-refractivity contribution in [3.63, 3.8) is 0 Å². The van der Waals surface area contributed by atoms with Gasteiger partial charge in [0.25, 0.3) is 0 Å². The minimum Gasteiger partial charge on any atom is -0.497 e. The summed E-state index contributed by atoms with van der Waals surface area (Å²) in [6.07, 6.45) is 0. The summed E-state index contributed by atoms with van der Waals surface area (Å²) in [5.41, 5.74) is 6.67. The number of methoxy groups -OCH3 is 1. The van der Waals surface area contributed by atoms with Crippen molar-refractivity contribution >= 4 is 23.1 Å². The van der Waals surface area contributed by atoms with Crippen molar-refractivity contribution in [1.29, 1.82) is 5.26 Å². The number of fused-ring (bicyclic) bond motifs is 1. The maximum atomic E-state index is 10.4. The molecule has 1 fully saturated rings. The Morgan fingerprint density at radius 1 is 0.824 bits per heavy atom. The van der Waals surface area contributed by atoms with Gasteiger partial charge in [-0.1, -0.05) is 59.3 Å². The second kappa shape index (κ2) is 9.36. The highest BCUT2D eigenvalue weighted by Crippen LogP contribution is 2.44. The van der Waals surface area contributed by atoms with E-state index in [0.29, 0.717) is 6.67 Å². The maximum Gasteiger partial charge on any atom is 0.118 e. The number of hydrogen-bond donors (Lipinski definition) is 0. The molecule has 1 unspecified atom stereocenters. The lowest BCUT2D eigenvalue weighted by Gasteiger charge is -2.48. The van der Waals surface area contributed by atoms with Crippen molar-refractivity contribution in [3.8, 4) is 11.8 Å². The SMILES string of the molecule is COc1ccc(C2C(C#N)=C3SCN(c4ccc(C)cc4)CN3CN2c2ccc(C)cc2)cc1. The molecular formula is C28H28N4OS. The molecule has 1 saturated heterocycles. The molecule has 6 heteroatoms. The van der Waals surface area contributed by atoms with Crippen LogP contribution in [0.15, 0.2) is 83.4 Å². The Morgan fingerprint density at radius 3 is 2.03 bits per heavy atom. The molecule has 0 amide bonds. The first-order valence-corrected chi connectivity index (χ1v) is 12.4. The molecule has 2 heterocycles. The van der Waals surface area contributed by atoms with E-state index in [0.717, 1.165) is 40.1 Å². The van der Waals surface area contributed by atoms with Crippen molar-refractivity contribution < 1.29 is 4.74 Å². The number of nitriles is 1. The standard InChI is InChI=1S/C28H28N4OS/c1-20-4-10-23(11-5-20)31-17-30-18-32(24-12-6-21(2)7-13-24)27(26(16-29)28(30)34-19-31)22-8-14-25(33-3)15-9-22/h4-15,27H,17-19H2,1-3H3. The van der Waals surface area contributed by atoms with Gasteiger partial charge in [-0.05, 0) is 55.8 Å². The molecule has 3 aromatic rings. The van der Waals surface area contributed by atoms with Crippen LogP contribution >= 0.6 is 11.8 Å². The molecule has 0 saturated carbocycles. The fourth-order valence-corrected chi connectivity index (χ4v) is 5.68. The Morgan fingerprint density at radius 2 is 1.44 bits per heavy atom. The number of thioether (sulfide) groups is 1. The first-order chi connectivity index (χ1) is 16.6. The van der Waals surface area contributed by atoms with Crippen LogP contribution in [-0.2, 0) is 0 Å². The number of nitrogens with zero attached hydrogens (tertiary/aromatic N) is 4. The number of hydrogen-bond acceptors (Lipinski definition) is 6. The molecule has 2 aliphatic heterocycles. The Bertz CT molecular complexity index is 1230. The van der Waals surface area contributed by atoms with E-state index in [-0.39, 0.29) is 6.04 Å². The molecule has 0 radical (unpaired) electrons. The molecule has 5 nitrogen and oxygen atoms in total. The quantitative estimate of drug-likeness (QED) is 0.465. The first kappa shape index (κ1) is 22.2. The zero-order chi connectivity index (χ0) is 23.7. The van der Waals surface area contributed by atoms with Gasteiger partial charge in [0.1, 0.15) is 11.8 Å². The largest absolute Gasteiger partial charge is 0.497 e. The van der Waals surface area contributed by atoms with Gasteiger partial charge in [-0.25, -0.2) is 0 Å². The lowest BCUT2D eigenvalue weighted by Crippen LogP contribution is -2.51. The Hall–Kier alpha value is -3.56. The number of rotatable bonds is 4. The van der Waals surface area contributed by atoms with Crippen LogP contribution in [0, 0.1) is 25.2 Å². The molecular weight excluding hydrogens is 440 g/mol. The van der Waals surface area contributed by atoms with E-state index < -0.39 is 0 Å². The smallest absolute Gasteiger partial charge is 0.118 e. The summed E-state index contributed by atoms with van der Waals surface area (Å²) in [6, 6.07) is 27.8. The van der Waals surface area contributed by atoms with Crippen LogP contribution in [0.2, 0.25) is 0 Å². The Labute approximate surface area is 205 Å². The van der Waals surface area contributed by atoms with Gasteiger partial charge in [0.15, 0.2) is 0 Å². The molecule has 5 rings (SSSR count). The van der Waals surface area contributed by atoms with Crippen LogP contribution in [-0.4, -0.2) is 31.2 Å². The molecule has 0 N–H and O–H groups in total. The highest BCUT2D eigenvalue weighted by molar-refractivity contribution is 8.03. The van der Waals surface area contributed by atoms with Crippen molar-refractivity contribution in [1.82, 2.24) is 4.90 Å². The third kappa shape index (κ3) is 4.20. The van der Waals surface area contributed by atoms with Gasteiger partial charge in [0.2, 0.25) is 0 Å². The van der Waals surface area contributed by atoms with Crippen molar-refractivity contribution in [2.45, 2.75) is 19.9 Å². The molecule has 0 aromatic heterocycles. The van der Waals surface area contributed by atoms with Crippen LogP contribution in [0.5, 0.6) is 5.75 Å². The molecule has 0 spiro atoms. The topological polar surface area (TPSA) is 42.7 Å². The number of benzene rings is 3. The zero-order valence-electron chi connectivity index (χ0n) is 19.7. The second-order valence-corrected chi connectivity index (χ2v) is 9.72. The van der Waals surface area contributed by atoms with Crippen LogP contribution in [0.3, 0.4) is 0 Å². The van der Waals surface area contributed by atoms with Crippen molar-refractivity contribution in [2.75, 3.05) is 36.1 Å². The van der Waals surface area contributed by atoms with Gasteiger partial charge in [0.05, 0.1) is 43.0 Å². The minimum atomic E-state index is -0.150. The molecule has 0 aliphatic carbocycles. The van der Waals surface area contributed by atoms with E-state index >= 15 is 0 Å². The first-order valence-electron chi connectivity index (χ1n) is 11.4. The third-order valence-electron chi connectivity index (χ3n) is 6.44. The van der Waals surface area contributed by atoms with Gasteiger partial charge in [0, 0.05) is 11.4 Å². The van der Waals surface area contributed by atoms with E-state index in [1.54, 1.807) is 18.9 Å². The molecule has 3 aromatic carbocycles. The van der Waals surface area contributed by atoms with Crippen molar-refractivity contribution in [3.05, 3.63) is 100 Å². The minimum absolute atomic E-state index is 0.150. The summed E-state index contributed by atoms with van der Waals surface area (Å²) in [5.74, 6) is 1.63. The average molecular weight is 469 g/mol. The van der Waals surface area contributed by atoms with Gasteiger partial charge in [-0.2, -0.15) is 5.26 Å². The number of anilines is 2. The van der Waals surface area contributed by atoms with Gasteiger partial charge < -0.3 is 19.4 Å². The van der Waals surface area contributed by atoms with E-state index in [2.05, 4.69) is 95.3 Å². The van der Waals surface area contributed by atoms with Gasteiger partial charge >= 0.3 is 0 Å². The Kier molecular flexibility index (Phi) is 6.12. The molecule has 34 heavy (non-hydrogen) atoms. The third-order valence-corrected chi connectivity index (χ3v) is 7.63. The summed E-state index contributed by atoms with van der Waals surface area (Å²) in [6.45, 7) is 5.66. The predicted molar refractivity (Wildman–Crippen MR) is 140 cm³/mol. The summed E-state index contributed by atoms with van der Waals surface area (Å²) in [7, 11) is 1.67. The molecule has 1 atom stereocenters. The fraction of sp³-hybridized carbons (Fsp3) is 0.250. The number of aryl methyl sites for hydroxylation is 2. The lowest BCUT2D eigenvalue weighted by atomic mass is 9.96. The second-order valence-electron chi connectivity index (χ2n) is 8.78. The van der Waals surface area contributed by atoms with E-state index in [4.69, 9.17) is 4.74 Å². The summed E-state index contributed by atoms with van der Waals surface area (Å²) in [4.78, 5) is 7.03. The molecule has 0 bridgehead atoms. The van der Waals surface area contributed by atoms with Crippen LogP contribution in [0.25, 0.3) is 0 Å². The average Bonchev–Trinajstić information content (AvgIpc) is 2.88. The predicted octanol–water partition coefficient (Wildman–Crippen LogP) is 6.04. The van der Waals surface area contributed by atoms with Crippen LogP contribution in [0.1, 0.15) is 22.7 Å². The number of ether oxygens (including phenoxy) is 1. The van der Waals surface area contributed by atoms with Crippen LogP contribution < -0.4 is 14.5 Å². The van der Waals surface area contributed by atoms with E-state index in [1.165, 1.54) is 16.8 Å². The highest BCUT2D eigenvalue weighted by atomic mass is 32.2. The fourth-order valence-electron chi connectivity index (χ4n) is 4.56. The normalized spacial score (nSPS) is 17.9. The lowest BCUT2D eigenvalue weighted by molar-refractivity contribution is 0.326.